The summed E-state index contributed by atoms with van der Waals surface area (Å²) in [7, 11) is 1.62. The van der Waals surface area contributed by atoms with Crippen molar-refractivity contribution < 1.29 is 9.53 Å². The maximum absolute atomic E-state index is 12.5. The summed E-state index contributed by atoms with van der Waals surface area (Å²) in [6.07, 6.45) is 10.4. The fourth-order valence-electron chi connectivity index (χ4n) is 3.18. The van der Waals surface area contributed by atoms with Gasteiger partial charge in [-0.3, -0.25) is 4.79 Å². The molecule has 2 aromatic rings. The molecule has 3 nitrogen and oxygen atoms in total. The summed E-state index contributed by atoms with van der Waals surface area (Å²) in [5.41, 5.74) is 2.44. The van der Waals surface area contributed by atoms with Crippen LogP contribution in [0.5, 0.6) is 5.75 Å². The van der Waals surface area contributed by atoms with Crippen LogP contribution in [-0.4, -0.2) is 25.2 Å². The molecule has 0 unspecified atom stereocenters. The molecule has 0 aliphatic rings. The van der Waals surface area contributed by atoms with Crippen LogP contribution in [0.2, 0.25) is 0 Å². The maximum atomic E-state index is 12.5. The van der Waals surface area contributed by atoms with E-state index in [0.29, 0.717) is 11.1 Å². The van der Waals surface area contributed by atoms with E-state index in [1.807, 2.05) is 36.4 Å². The van der Waals surface area contributed by atoms with E-state index in [-0.39, 0.29) is 5.78 Å². The zero-order valence-corrected chi connectivity index (χ0v) is 17.8. The van der Waals surface area contributed by atoms with Crippen LogP contribution in [0.4, 0.5) is 5.69 Å². The highest BCUT2D eigenvalue weighted by Crippen LogP contribution is 2.17. The molecule has 0 heterocycles. The largest absolute Gasteiger partial charge is 0.497 e. The van der Waals surface area contributed by atoms with Crippen LogP contribution in [0.1, 0.15) is 67.3 Å². The molecular formula is C24H33NO2S. The third kappa shape index (κ3) is 7.97. The Balaban J connectivity index is 1.65. The minimum Gasteiger partial charge on any atom is -0.497 e. The van der Waals surface area contributed by atoms with Crippen molar-refractivity contribution in [3.05, 3.63) is 59.7 Å². The second kappa shape index (κ2) is 13.3. The van der Waals surface area contributed by atoms with E-state index in [0.717, 1.165) is 23.7 Å². The average Bonchev–Trinajstić information content (AvgIpc) is 2.75. The molecule has 0 saturated heterocycles. The summed E-state index contributed by atoms with van der Waals surface area (Å²) >= 11 is 4.24. The molecule has 2 aromatic carbocycles. The van der Waals surface area contributed by atoms with E-state index >= 15 is 0 Å². The van der Waals surface area contributed by atoms with E-state index in [1.165, 1.54) is 51.4 Å². The van der Waals surface area contributed by atoms with Crippen molar-refractivity contribution in [3.63, 3.8) is 0 Å². The van der Waals surface area contributed by atoms with E-state index in [1.54, 1.807) is 19.2 Å². The zero-order chi connectivity index (χ0) is 20.0. The predicted molar refractivity (Wildman–Crippen MR) is 122 cm³/mol. The Morgan fingerprint density at radius 3 is 1.82 bits per heavy atom. The van der Waals surface area contributed by atoms with Gasteiger partial charge < -0.3 is 10.1 Å². The Bertz CT molecular complexity index is 683. The van der Waals surface area contributed by atoms with Gasteiger partial charge in [0.25, 0.3) is 0 Å². The lowest BCUT2D eigenvalue weighted by Crippen LogP contribution is -2.04. The first kappa shape index (κ1) is 22.4. The summed E-state index contributed by atoms with van der Waals surface area (Å²) in [6.45, 7) is 0.978. The third-order valence-corrected chi connectivity index (χ3v) is 5.23. The number of carbonyl (C=O) groups is 1. The van der Waals surface area contributed by atoms with E-state index in [9.17, 15) is 4.79 Å². The van der Waals surface area contributed by atoms with Gasteiger partial charge >= 0.3 is 0 Å². The smallest absolute Gasteiger partial charge is 0.193 e. The maximum Gasteiger partial charge on any atom is 0.193 e. The van der Waals surface area contributed by atoms with Gasteiger partial charge in [0.2, 0.25) is 0 Å². The molecule has 0 atom stereocenters. The molecule has 0 aromatic heterocycles. The Kier molecular flexibility index (Phi) is 10.6. The van der Waals surface area contributed by atoms with Gasteiger partial charge in [-0.25, -0.2) is 0 Å². The number of ether oxygens (including phenoxy) is 1. The van der Waals surface area contributed by atoms with Crippen molar-refractivity contribution in [1.82, 2.24) is 0 Å². The van der Waals surface area contributed by atoms with Gasteiger partial charge in [-0.15, -0.1) is 0 Å². The molecule has 0 saturated carbocycles. The molecule has 0 aliphatic carbocycles. The van der Waals surface area contributed by atoms with Crippen LogP contribution in [0.25, 0.3) is 0 Å². The number of ketones is 1. The topological polar surface area (TPSA) is 38.3 Å². The fourth-order valence-corrected chi connectivity index (χ4v) is 3.40. The van der Waals surface area contributed by atoms with Gasteiger partial charge in [0.15, 0.2) is 5.78 Å². The Morgan fingerprint density at radius 2 is 1.29 bits per heavy atom. The van der Waals surface area contributed by atoms with Gasteiger partial charge in [0.05, 0.1) is 7.11 Å². The lowest BCUT2D eigenvalue weighted by Gasteiger charge is -2.08. The summed E-state index contributed by atoms with van der Waals surface area (Å²) in [4.78, 5) is 12.5. The van der Waals surface area contributed by atoms with Gasteiger partial charge in [-0.1, -0.05) is 38.5 Å². The van der Waals surface area contributed by atoms with Crippen LogP contribution in [-0.2, 0) is 0 Å². The van der Waals surface area contributed by atoms with Crippen molar-refractivity contribution in [2.75, 3.05) is 24.7 Å². The molecule has 0 radical (unpaired) electrons. The number of unbranched alkanes of at least 4 members (excludes halogenated alkanes) is 7. The van der Waals surface area contributed by atoms with Crippen LogP contribution in [0.3, 0.4) is 0 Å². The van der Waals surface area contributed by atoms with Crippen molar-refractivity contribution >= 4 is 24.1 Å². The van der Waals surface area contributed by atoms with Gasteiger partial charge in [-0.05, 0) is 67.1 Å². The number of nitrogens with one attached hydrogen (secondary N) is 1. The van der Waals surface area contributed by atoms with Gasteiger partial charge in [0.1, 0.15) is 5.75 Å². The van der Waals surface area contributed by atoms with Crippen LogP contribution < -0.4 is 10.1 Å². The van der Waals surface area contributed by atoms with Crippen LogP contribution in [0.15, 0.2) is 48.5 Å². The number of methoxy groups -OCH3 is 1. The molecule has 4 heteroatoms. The first-order valence-electron chi connectivity index (χ1n) is 10.4. The minimum absolute atomic E-state index is 0.0311. The number of benzene rings is 2. The number of anilines is 1. The molecule has 1 N–H and O–H groups in total. The number of carbonyl (C=O) groups excluding carboxylic acids is 1. The summed E-state index contributed by atoms with van der Waals surface area (Å²) < 4.78 is 5.14. The molecule has 0 fully saturated rings. The molecular weight excluding hydrogens is 366 g/mol. The van der Waals surface area contributed by atoms with E-state index < -0.39 is 0 Å². The first-order valence-corrected chi connectivity index (χ1v) is 11.0. The standard InChI is InChI=1S/C24H33NO2S/c1-27-23-16-12-21(13-17-23)24(26)20-10-14-22(15-11-20)25-18-8-6-4-2-3-5-7-9-19-28/h10-17,25,28H,2-9,18-19H2,1H3. The first-order chi connectivity index (χ1) is 13.7. The van der Waals surface area contributed by atoms with E-state index in [4.69, 9.17) is 4.74 Å². The zero-order valence-electron chi connectivity index (χ0n) is 17.0. The second-order valence-electron chi connectivity index (χ2n) is 7.11. The second-order valence-corrected chi connectivity index (χ2v) is 7.56. The minimum atomic E-state index is 0.0311. The molecule has 0 aliphatic heterocycles. The Hall–Kier alpha value is -1.94. The summed E-state index contributed by atoms with van der Waals surface area (Å²) in [6, 6.07) is 15.0. The highest BCUT2D eigenvalue weighted by molar-refractivity contribution is 7.80. The highest BCUT2D eigenvalue weighted by atomic mass is 32.1. The van der Waals surface area contributed by atoms with Gasteiger partial charge in [0, 0.05) is 23.4 Å². The van der Waals surface area contributed by atoms with Crippen molar-refractivity contribution in [3.8, 4) is 5.75 Å². The Morgan fingerprint density at radius 1 is 0.786 bits per heavy atom. The van der Waals surface area contributed by atoms with Crippen molar-refractivity contribution in [2.24, 2.45) is 0 Å². The molecule has 2 rings (SSSR count). The number of rotatable bonds is 14. The third-order valence-electron chi connectivity index (χ3n) is 4.91. The lowest BCUT2D eigenvalue weighted by atomic mass is 10.0. The molecule has 0 amide bonds. The lowest BCUT2D eigenvalue weighted by molar-refractivity contribution is 0.103. The van der Waals surface area contributed by atoms with Crippen molar-refractivity contribution in [1.29, 1.82) is 0 Å². The van der Waals surface area contributed by atoms with E-state index in [2.05, 4.69) is 17.9 Å². The summed E-state index contributed by atoms with van der Waals surface area (Å²) in [5, 5.41) is 3.45. The highest BCUT2D eigenvalue weighted by Gasteiger charge is 2.09. The molecule has 0 spiro atoms. The quantitative estimate of drug-likeness (QED) is 0.220. The SMILES string of the molecule is COc1ccc(C(=O)c2ccc(NCCCCCCCCCCS)cc2)cc1. The fraction of sp³-hybridized carbons (Fsp3) is 0.458. The predicted octanol–water partition coefficient (Wildman–Crippen LogP) is 6.39. The number of thiol groups is 1. The molecule has 28 heavy (non-hydrogen) atoms. The Labute approximate surface area is 175 Å². The van der Waals surface area contributed by atoms with Crippen LogP contribution >= 0.6 is 12.6 Å². The molecule has 0 bridgehead atoms. The molecule has 152 valence electrons. The summed E-state index contributed by atoms with van der Waals surface area (Å²) in [5.74, 6) is 1.80. The normalized spacial score (nSPS) is 10.6. The van der Waals surface area contributed by atoms with Crippen LogP contribution in [0, 0.1) is 0 Å². The average molecular weight is 400 g/mol. The number of hydrogen-bond acceptors (Lipinski definition) is 4. The van der Waals surface area contributed by atoms with Crippen molar-refractivity contribution in [2.45, 2.75) is 51.4 Å². The number of hydrogen-bond donors (Lipinski definition) is 2. The van der Waals surface area contributed by atoms with Gasteiger partial charge in [-0.2, -0.15) is 12.6 Å². The monoisotopic (exact) mass is 399 g/mol.